The number of fused-ring (bicyclic) bond motifs is 1. The van der Waals surface area contributed by atoms with Crippen molar-refractivity contribution in [2.75, 3.05) is 0 Å². The van der Waals surface area contributed by atoms with Crippen molar-refractivity contribution in [1.29, 1.82) is 0 Å². The van der Waals surface area contributed by atoms with Crippen LogP contribution < -0.4 is 4.80 Å². The third-order valence-electron chi connectivity index (χ3n) is 2.98. The quantitative estimate of drug-likeness (QED) is 0.677. The molecular formula is C15H11FN2OS. The lowest BCUT2D eigenvalue weighted by Gasteiger charge is -1.96. The molecule has 20 heavy (non-hydrogen) atoms. The standard InChI is InChI=1S/C15H11FN2OS/c1-18-12-7-2-3-8-13(12)20-15(18)17-14(19)10-5-4-6-11(16)9-10/h2-9H,1H3. The molecule has 5 heteroatoms. The zero-order valence-corrected chi connectivity index (χ0v) is 11.5. The van der Waals surface area contributed by atoms with Crippen LogP contribution in [0.25, 0.3) is 10.2 Å². The Hall–Kier alpha value is -2.27. The fraction of sp³-hybridized carbons (Fsp3) is 0.0667. The summed E-state index contributed by atoms with van der Waals surface area (Å²) >= 11 is 1.43. The first-order valence-corrected chi connectivity index (χ1v) is 6.86. The number of rotatable bonds is 1. The summed E-state index contributed by atoms with van der Waals surface area (Å²) in [6.45, 7) is 0. The molecule has 0 saturated heterocycles. The van der Waals surface area contributed by atoms with Crippen LogP contribution >= 0.6 is 11.3 Å². The molecule has 3 rings (SSSR count). The highest BCUT2D eigenvalue weighted by atomic mass is 32.1. The summed E-state index contributed by atoms with van der Waals surface area (Å²) < 4.78 is 16.0. The van der Waals surface area contributed by atoms with E-state index in [1.54, 1.807) is 6.07 Å². The van der Waals surface area contributed by atoms with Gasteiger partial charge in [-0.1, -0.05) is 29.5 Å². The number of amides is 1. The summed E-state index contributed by atoms with van der Waals surface area (Å²) in [6.07, 6.45) is 0. The first kappa shape index (κ1) is 12.7. The van der Waals surface area contributed by atoms with Gasteiger partial charge in [0.05, 0.1) is 10.2 Å². The Morgan fingerprint density at radius 3 is 2.75 bits per heavy atom. The van der Waals surface area contributed by atoms with Gasteiger partial charge in [0, 0.05) is 12.6 Å². The zero-order valence-electron chi connectivity index (χ0n) is 10.7. The van der Waals surface area contributed by atoms with Crippen LogP contribution in [0.2, 0.25) is 0 Å². The van der Waals surface area contributed by atoms with Crippen molar-refractivity contribution in [2.24, 2.45) is 12.0 Å². The fourth-order valence-electron chi connectivity index (χ4n) is 1.96. The summed E-state index contributed by atoms with van der Waals surface area (Å²) in [6, 6.07) is 13.4. The third kappa shape index (κ3) is 2.28. The van der Waals surface area contributed by atoms with E-state index >= 15 is 0 Å². The predicted octanol–water partition coefficient (Wildman–Crippen LogP) is 3.12. The van der Waals surface area contributed by atoms with E-state index in [9.17, 15) is 9.18 Å². The van der Waals surface area contributed by atoms with Crippen LogP contribution in [0.4, 0.5) is 4.39 Å². The molecule has 3 aromatic rings. The number of nitrogens with zero attached hydrogens (tertiary/aromatic N) is 2. The molecule has 0 fully saturated rings. The van der Waals surface area contributed by atoms with Crippen LogP contribution in [-0.2, 0) is 7.05 Å². The number of benzene rings is 2. The molecule has 0 N–H and O–H groups in total. The van der Waals surface area contributed by atoms with Crippen molar-refractivity contribution in [2.45, 2.75) is 0 Å². The highest BCUT2D eigenvalue weighted by Gasteiger charge is 2.07. The van der Waals surface area contributed by atoms with Gasteiger partial charge < -0.3 is 4.57 Å². The number of aromatic nitrogens is 1. The molecule has 0 radical (unpaired) electrons. The van der Waals surface area contributed by atoms with Crippen LogP contribution in [0.5, 0.6) is 0 Å². The minimum absolute atomic E-state index is 0.252. The fourth-order valence-corrected chi connectivity index (χ4v) is 2.98. The van der Waals surface area contributed by atoms with Crippen molar-refractivity contribution in [3.05, 3.63) is 64.7 Å². The van der Waals surface area contributed by atoms with Crippen molar-refractivity contribution in [3.8, 4) is 0 Å². The number of carbonyl (C=O) groups excluding carboxylic acids is 1. The van der Waals surface area contributed by atoms with Crippen LogP contribution in [0.15, 0.2) is 53.5 Å². The van der Waals surface area contributed by atoms with Gasteiger partial charge in [-0.3, -0.25) is 4.79 Å². The number of aryl methyl sites for hydroxylation is 1. The summed E-state index contributed by atoms with van der Waals surface area (Å²) in [7, 11) is 1.86. The molecule has 0 saturated carbocycles. The second-order valence-electron chi connectivity index (χ2n) is 4.34. The van der Waals surface area contributed by atoms with Crippen molar-refractivity contribution in [3.63, 3.8) is 0 Å². The second-order valence-corrected chi connectivity index (χ2v) is 5.35. The van der Waals surface area contributed by atoms with Crippen molar-refractivity contribution >= 4 is 27.5 Å². The summed E-state index contributed by atoms with van der Waals surface area (Å²) in [4.78, 5) is 16.7. The molecule has 1 aromatic heterocycles. The van der Waals surface area contributed by atoms with Gasteiger partial charge in [0.15, 0.2) is 4.80 Å². The normalized spacial score (nSPS) is 12.0. The molecule has 2 aromatic carbocycles. The van der Waals surface area contributed by atoms with E-state index in [-0.39, 0.29) is 5.56 Å². The monoisotopic (exact) mass is 286 g/mol. The highest BCUT2D eigenvalue weighted by molar-refractivity contribution is 7.16. The highest BCUT2D eigenvalue weighted by Crippen LogP contribution is 2.15. The summed E-state index contributed by atoms with van der Waals surface area (Å²) in [5.74, 6) is -0.876. The smallest absolute Gasteiger partial charge is 0.279 e. The molecule has 0 spiro atoms. The summed E-state index contributed by atoms with van der Waals surface area (Å²) in [5.41, 5.74) is 1.27. The minimum atomic E-state index is -0.438. The lowest BCUT2D eigenvalue weighted by molar-refractivity contribution is 0.0997. The van der Waals surface area contributed by atoms with Gasteiger partial charge >= 0.3 is 0 Å². The van der Waals surface area contributed by atoms with E-state index in [4.69, 9.17) is 0 Å². The molecule has 3 nitrogen and oxygen atoms in total. The number of hydrogen-bond acceptors (Lipinski definition) is 2. The molecule has 100 valence electrons. The third-order valence-corrected chi connectivity index (χ3v) is 4.10. The van der Waals surface area contributed by atoms with Gasteiger partial charge in [0.25, 0.3) is 5.91 Å². The Balaban J connectivity index is 2.10. The molecule has 0 aliphatic heterocycles. The maximum Gasteiger partial charge on any atom is 0.279 e. The number of halogens is 1. The number of carbonyl (C=O) groups is 1. The van der Waals surface area contributed by atoms with E-state index in [1.807, 2.05) is 35.9 Å². The molecular weight excluding hydrogens is 275 g/mol. The molecule has 1 heterocycles. The molecule has 0 aliphatic rings. The number of hydrogen-bond donors (Lipinski definition) is 0. The van der Waals surface area contributed by atoms with Gasteiger partial charge in [0.2, 0.25) is 0 Å². The van der Waals surface area contributed by atoms with Gasteiger partial charge in [-0.25, -0.2) is 4.39 Å². The summed E-state index contributed by atoms with van der Waals surface area (Å²) in [5, 5.41) is 0. The van der Waals surface area contributed by atoms with Crippen LogP contribution in [0.1, 0.15) is 10.4 Å². The van der Waals surface area contributed by atoms with Gasteiger partial charge in [-0.2, -0.15) is 4.99 Å². The average molecular weight is 286 g/mol. The maximum absolute atomic E-state index is 13.1. The lowest BCUT2D eigenvalue weighted by atomic mass is 10.2. The van der Waals surface area contributed by atoms with Crippen LogP contribution in [0.3, 0.4) is 0 Å². The van der Waals surface area contributed by atoms with Crippen LogP contribution in [-0.4, -0.2) is 10.5 Å². The second kappa shape index (κ2) is 5.02. The Morgan fingerprint density at radius 1 is 1.20 bits per heavy atom. The Bertz CT molecular complexity index is 863. The largest absolute Gasteiger partial charge is 0.319 e. The Kier molecular flexibility index (Phi) is 3.20. The minimum Gasteiger partial charge on any atom is -0.319 e. The first-order valence-electron chi connectivity index (χ1n) is 6.04. The maximum atomic E-state index is 13.1. The number of para-hydroxylation sites is 1. The topological polar surface area (TPSA) is 34.4 Å². The zero-order chi connectivity index (χ0) is 14.1. The first-order chi connectivity index (χ1) is 9.65. The molecule has 1 amide bonds. The molecule has 0 atom stereocenters. The number of thiazole rings is 1. The van der Waals surface area contributed by atoms with Gasteiger partial charge in [-0.05, 0) is 30.3 Å². The molecule has 0 aliphatic carbocycles. The SMILES string of the molecule is Cn1c(=NC(=O)c2cccc(F)c2)sc2ccccc21. The lowest BCUT2D eigenvalue weighted by Crippen LogP contribution is -2.13. The van der Waals surface area contributed by atoms with E-state index in [0.717, 1.165) is 10.2 Å². The van der Waals surface area contributed by atoms with Gasteiger partial charge in [0.1, 0.15) is 5.82 Å². The average Bonchev–Trinajstić information content (AvgIpc) is 2.76. The van der Waals surface area contributed by atoms with Gasteiger partial charge in [-0.15, -0.1) is 0 Å². The van der Waals surface area contributed by atoms with Crippen molar-refractivity contribution in [1.82, 2.24) is 4.57 Å². The van der Waals surface area contributed by atoms with Crippen LogP contribution in [0, 0.1) is 5.82 Å². The van der Waals surface area contributed by atoms with E-state index in [0.29, 0.717) is 4.80 Å². The van der Waals surface area contributed by atoms with E-state index < -0.39 is 11.7 Å². The van der Waals surface area contributed by atoms with E-state index in [1.165, 1.54) is 29.5 Å². The van der Waals surface area contributed by atoms with E-state index in [2.05, 4.69) is 4.99 Å². The Morgan fingerprint density at radius 2 is 2.00 bits per heavy atom. The molecule has 0 bridgehead atoms. The predicted molar refractivity (Wildman–Crippen MR) is 77.1 cm³/mol. The Labute approximate surface area is 118 Å². The van der Waals surface area contributed by atoms with Crippen molar-refractivity contribution < 1.29 is 9.18 Å². The molecule has 0 unspecified atom stereocenters.